The number of carbonyl (C=O) groups excluding carboxylic acids is 1. The third kappa shape index (κ3) is 4.40. The molecule has 104 valence electrons. The van der Waals surface area contributed by atoms with Crippen LogP contribution in [0, 0.1) is 0 Å². The van der Waals surface area contributed by atoms with Gasteiger partial charge in [0.05, 0.1) is 0 Å². The minimum absolute atomic E-state index is 0.127. The fourth-order valence-electron chi connectivity index (χ4n) is 2.02. The summed E-state index contributed by atoms with van der Waals surface area (Å²) in [6.07, 6.45) is 1.82. The van der Waals surface area contributed by atoms with E-state index in [1.54, 1.807) is 4.90 Å². The monoisotopic (exact) mass is 274 g/mol. The smallest absolute Gasteiger partial charge is 0.323 e. The maximum absolute atomic E-state index is 12.3. The van der Waals surface area contributed by atoms with Crippen molar-refractivity contribution in [3.63, 3.8) is 0 Å². The Bertz CT molecular complexity index is 299. The molecule has 1 rings (SSSR count). The van der Waals surface area contributed by atoms with Crippen molar-refractivity contribution in [1.82, 2.24) is 9.80 Å². The first-order chi connectivity index (χ1) is 8.58. The van der Waals surface area contributed by atoms with Crippen LogP contribution in [0.3, 0.4) is 0 Å². The quantitative estimate of drug-likeness (QED) is 0.829. The Morgan fingerprint density at radius 3 is 2.72 bits per heavy atom. The van der Waals surface area contributed by atoms with Gasteiger partial charge in [-0.2, -0.15) is 11.8 Å². The fraction of sp³-hybridized carbons (Fsp3) is 0.833. The second-order valence-corrected chi connectivity index (χ2v) is 5.85. The van der Waals surface area contributed by atoms with Crippen molar-refractivity contribution < 1.29 is 14.7 Å². The molecule has 0 saturated carbocycles. The SMILES string of the molecule is CCCN(CC(=O)O)C(=O)N1CCSC(CC)C1. The maximum atomic E-state index is 12.3. The second-order valence-electron chi connectivity index (χ2n) is 4.44. The Morgan fingerprint density at radius 1 is 1.44 bits per heavy atom. The summed E-state index contributed by atoms with van der Waals surface area (Å²) < 4.78 is 0. The van der Waals surface area contributed by atoms with E-state index < -0.39 is 5.97 Å². The number of amides is 2. The first-order valence-corrected chi connectivity index (χ1v) is 7.50. The summed E-state index contributed by atoms with van der Waals surface area (Å²) in [5.41, 5.74) is 0. The lowest BCUT2D eigenvalue weighted by atomic mass is 10.3. The highest BCUT2D eigenvalue weighted by molar-refractivity contribution is 8.00. The molecule has 0 aromatic carbocycles. The minimum atomic E-state index is -0.949. The summed E-state index contributed by atoms with van der Waals surface area (Å²) in [7, 11) is 0. The van der Waals surface area contributed by atoms with Crippen LogP contribution in [-0.4, -0.2) is 64.1 Å². The Balaban J connectivity index is 2.60. The van der Waals surface area contributed by atoms with Crippen molar-refractivity contribution in [2.75, 3.05) is 31.9 Å². The summed E-state index contributed by atoms with van der Waals surface area (Å²) >= 11 is 1.89. The molecule has 1 unspecified atom stereocenters. The fourth-order valence-corrected chi connectivity index (χ4v) is 3.20. The number of nitrogens with zero attached hydrogens (tertiary/aromatic N) is 2. The number of carbonyl (C=O) groups is 2. The van der Waals surface area contributed by atoms with Gasteiger partial charge >= 0.3 is 12.0 Å². The number of aliphatic carboxylic acids is 1. The molecule has 1 atom stereocenters. The van der Waals surface area contributed by atoms with Crippen molar-refractivity contribution in [3.8, 4) is 0 Å². The zero-order valence-corrected chi connectivity index (χ0v) is 11.9. The minimum Gasteiger partial charge on any atom is -0.480 e. The molecule has 0 radical (unpaired) electrons. The first-order valence-electron chi connectivity index (χ1n) is 6.45. The van der Waals surface area contributed by atoms with Crippen LogP contribution in [0.25, 0.3) is 0 Å². The lowest BCUT2D eigenvalue weighted by Crippen LogP contribution is -2.50. The Hall–Kier alpha value is -0.910. The summed E-state index contributed by atoms with van der Waals surface area (Å²) in [6, 6.07) is -0.127. The molecule has 6 heteroatoms. The maximum Gasteiger partial charge on any atom is 0.323 e. The van der Waals surface area contributed by atoms with E-state index in [-0.39, 0.29) is 12.6 Å². The molecule has 18 heavy (non-hydrogen) atoms. The van der Waals surface area contributed by atoms with Crippen molar-refractivity contribution >= 4 is 23.8 Å². The van der Waals surface area contributed by atoms with Crippen molar-refractivity contribution in [3.05, 3.63) is 0 Å². The number of hydrogen-bond acceptors (Lipinski definition) is 3. The molecule has 1 aliphatic rings. The van der Waals surface area contributed by atoms with E-state index in [4.69, 9.17) is 5.11 Å². The molecule has 1 aliphatic heterocycles. The first kappa shape index (κ1) is 15.1. The molecule has 1 heterocycles. The van der Waals surface area contributed by atoms with Gasteiger partial charge in [0.1, 0.15) is 6.54 Å². The summed E-state index contributed by atoms with van der Waals surface area (Å²) in [6.45, 7) is 5.83. The van der Waals surface area contributed by atoms with Crippen LogP contribution in [0.5, 0.6) is 0 Å². The number of urea groups is 1. The summed E-state index contributed by atoms with van der Waals surface area (Å²) in [5.74, 6) is -0.00712. The van der Waals surface area contributed by atoms with Crippen LogP contribution in [0.1, 0.15) is 26.7 Å². The van der Waals surface area contributed by atoms with Gasteiger partial charge in [0.2, 0.25) is 0 Å². The lowest BCUT2D eigenvalue weighted by Gasteiger charge is -2.35. The van der Waals surface area contributed by atoms with Crippen LogP contribution in [0.4, 0.5) is 4.79 Å². The zero-order chi connectivity index (χ0) is 13.5. The number of thioether (sulfide) groups is 1. The zero-order valence-electron chi connectivity index (χ0n) is 11.1. The average Bonchev–Trinajstić information content (AvgIpc) is 2.37. The van der Waals surface area contributed by atoms with Gasteiger partial charge in [0.25, 0.3) is 0 Å². The average molecular weight is 274 g/mol. The highest BCUT2D eigenvalue weighted by Gasteiger charge is 2.27. The molecule has 1 fully saturated rings. The Kier molecular flexibility index (Phi) is 6.32. The molecule has 0 aromatic rings. The predicted octanol–water partition coefficient (Wildman–Crippen LogP) is 1.73. The van der Waals surface area contributed by atoms with Crippen LogP contribution in [0.2, 0.25) is 0 Å². The number of rotatable bonds is 5. The van der Waals surface area contributed by atoms with E-state index in [0.717, 1.165) is 31.7 Å². The van der Waals surface area contributed by atoms with Gasteiger partial charge in [-0.1, -0.05) is 13.8 Å². The van der Waals surface area contributed by atoms with Gasteiger partial charge in [0.15, 0.2) is 0 Å². The molecular weight excluding hydrogens is 252 g/mol. The largest absolute Gasteiger partial charge is 0.480 e. The van der Waals surface area contributed by atoms with Crippen molar-refractivity contribution in [2.45, 2.75) is 31.9 Å². The van der Waals surface area contributed by atoms with Crippen LogP contribution >= 0.6 is 11.8 Å². The molecule has 0 aromatic heterocycles. The normalized spacial score (nSPS) is 19.7. The standard InChI is InChI=1S/C12H22N2O3S/c1-3-5-13(9-11(15)16)12(17)14-6-7-18-10(4-2)8-14/h10H,3-9H2,1-2H3,(H,15,16). The molecule has 0 spiro atoms. The van der Waals surface area contributed by atoms with Gasteiger partial charge in [-0.15, -0.1) is 0 Å². The lowest BCUT2D eigenvalue weighted by molar-refractivity contribution is -0.137. The molecule has 0 bridgehead atoms. The molecule has 1 saturated heterocycles. The molecule has 2 amide bonds. The van der Waals surface area contributed by atoms with E-state index in [0.29, 0.717) is 11.8 Å². The molecule has 5 nitrogen and oxygen atoms in total. The van der Waals surface area contributed by atoms with E-state index in [9.17, 15) is 9.59 Å². The van der Waals surface area contributed by atoms with Crippen LogP contribution in [-0.2, 0) is 4.79 Å². The van der Waals surface area contributed by atoms with E-state index in [1.807, 2.05) is 18.7 Å². The van der Waals surface area contributed by atoms with Crippen LogP contribution in [0.15, 0.2) is 0 Å². The second kappa shape index (κ2) is 7.51. The molecular formula is C12H22N2O3S. The highest BCUT2D eigenvalue weighted by atomic mass is 32.2. The Morgan fingerprint density at radius 2 is 2.17 bits per heavy atom. The van der Waals surface area contributed by atoms with Gasteiger partial charge in [0, 0.05) is 30.6 Å². The van der Waals surface area contributed by atoms with Crippen molar-refractivity contribution in [1.29, 1.82) is 0 Å². The highest BCUT2D eigenvalue weighted by Crippen LogP contribution is 2.21. The third-order valence-corrected chi connectivity index (χ3v) is 4.33. The Labute approximate surface area is 113 Å². The van der Waals surface area contributed by atoms with Gasteiger partial charge in [-0.25, -0.2) is 4.79 Å². The molecule has 1 N–H and O–H groups in total. The van der Waals surface area contributed by atoms with E-state index in [2.05, 4.69) is 6.92 Å². The number of carboxylic acids is 1. The predicted molar refractivity (Wildman–Crippen MR) is 73.0 cm³/mol. The van der Waals surface area contributed by atoms with E-state index >= 15 is 0 Å². The van der Waals surface area contributed by atoms with Gasteiger partial charge < -0.3 is 14.9 Å². The van der Waals surface area contributed by atoms with E-state index in [1.165, 1.54) is 4.90 Å². The summed E-state index contributed by atoms with van der Waals surface area (Å²) in [4.78, 5) is 26.3. The summed E-state index contributed by atoms with van der Waals surface area (Å²) in [5, 5.41) is 9.32. The van der Waals surface area contributed by atoms with Crippen LogP contribution < -0.4 is 0 Å². The topological polar surface area (TPSA) is 60.9 Å². The molecule has 0 aliphatic carbocycles. The third-order valence-electron chi connectivity index (χ3n) is 2.95. The van der Waals surface area contributed by atoms with Gasteiger partial charge in [-0.3, -0.25) is 4.79 Å². The van der Waals surface area contributed by atoms with Gasteiger partial charge in [-0.05, 0) is 12.8 Å². The van der Waals surface area contributed by atoms with Crippen molar-refractivity contribution in [2.24, 2.45) is 0 Å². The number of carboxylic acid groups (broad SMARTS) is 1. The number of hydrogen-bond donors (Lipinski definition) is 1.